The second kappa shape index (κ2) is 6.92. The average molecular weight is 261 g/mol. The molecule has 1 aliphatic heterocycles. The Balaban J connectivity index is 2.10. The Morgan fingerprint density at radius 1 is 1.26 bits per heavy atom. The van der Waals surface area contributed by atoms with Gasteiger partial charge in [0.25, 0.3) is 0 Å². The first-order valence-corrected chi connectivity index (χ1v) is 7.38. The van der Waals surface area contributed by atoms with Crippen LogP contribution in [0.5, 0.6) is 0 Å². The maximum Gasteiger partial charge on any atom is 0.0396 e. The van der Waals surface area contributed by atoms with Crippen LogP contribution in [0.15, 0.2) is 24.3 Å². The summed E-state index contributed by atoms with van der Waals surface area (Å²) in [5, 5.41) is 3.28. The van der Waals surface area contributed by atoms with Crippen LogP contribution in [-0.2, 0) is 0 Å². The maximum absolute atomic E-state index is 3.28. The number of nitrogens with zero attached hydrogens (tertiary/aromatic N) is 2. The lowest BCUT2D eigenvalue weighted by molar-refractivity contribution is 0.248. The summed E-state index contributed by atoms with van der Waals surface area (Å²) in [7, 11) is 4.30. The molecular formula is C16H27N3. The number of benzene rings is 1. The van der Waals surface area contributed by atoms with E-state index in [4.69, 9.17) is 0 Å². The minimum atomic E-state index is 0.648. The second-order valence-electron chi connectivity index (χ2n) is 5.61. The molecule has 1 heterocycles. The highest BCUT2D eigenvalue weighted by Gasteiger charge is 2.22. The zero-order valence-corrected chi connectivity index (χ0v) is 12.5. The summed E-state index contributed by atoms with van der Waals surface area (Å²) in [5.74, 6) is 0. The molecule has 1 N–H and O–H groups in total. The number of nitrogens with one attached hydrogen (secondary N) is 1. The molecule has 0 aromatic heterocycles. The molecule has 0 amide bonds. The number of likely N-dealkylation sites (N-methyl/N-ethyl adjacent to an activating group) is 1. The van der Waals surface area contributed by atoms with Gasteiger partial charge in [-0.2, -0.15) is 0 Å². The van der Waals surface area contributed by atoms with Crippen molar-refractivity contribution in [2.45, 2.75) is 25.8 Å². The third-order valence-electron chi connectivity index (χ3n) is 4.18. The molecule has 3 heteroatoms. The highest BCUT2D eigenvalue weighted by Crippen LogP contribution is 2.23. The summed E-state index contributed by atoms with van der Waals surface area (Å²) < 4.78 is 0. The minimum absolute atomic E-state index is 0.648. The topological polar surface area (TPSA) is 18.5 Å². The quantitative estimate of drug-likeness (QED) is 0.895. The van der Waals surface area contributed by atoms with Gasteiger partial charge in [-0.05, 0) is 58.6 Å². The zero-order valence-electron chi connectivity index (χ0n) is 12.5. The van der Waals surface area contributed by atoms with Gasteiger partial charge in [-0.3, -0.25) is 0 Å². The molecule has 0 bridgehead atoms. The fraction of sp³-hybridized carbons (Fsp3) is 0.625. The Hall–Kier alpha value is -1.06. The van der Waals surface area contributed by atoms with Crippen LogP contribution in [0.3, 0.4) is 0 Å². The van der Waals surface area contributed by atoms with Crippen LogP contribution in [0, 0.1) is 6.92 Å². The van der Waals surface area contributed by atoms with Gasteiger partial charge in [-0.25, -0.2) is 0 Å². The lowest BCUT2D eigenvalue weighted by Gasteiger charge is -2.31. The number of hydrogen-bond acceptors (Lipinski definition) is 3. The fourth-order valence-corrected chi connectivity index (χ4v) is 2.94. The number of anilines is 1. The SMILES string of the molecule is CNCCC1CN(c2ccccc2C)CCCN1C. The Morgan fingerprint density at radius 3 is 2.79 bits per heavy atom. The summed E-state index contributed by atoms with van der Waals surface area (Å²) in [5.41, 5.74) is 2.80. The van der Waals surface area contributed by atoms with Crippen LogP contribution in [0.4, 0.5) is 5.69 Å². The number of para-hydroxylation sites is 1. The van der Waals surface area contributed by atoms with E-state index in [2.05, 4.69) is 53.4 Å². The first-order valence-electron chi connectivity index (χ1n) is 7.38. The van der Waals surface area contributed by atoms with Crippen LogP contribution in [0.1, 0.15) is 18.4 Å². The highest BCUT2D eigenvalue weighted by molar-refractivity contribution is 5.53. The third kappa shape index (κ3) is 3.71. The van der Waals surface area contributed by atoms with Gasteiger partial charge in [-0.15, -0.1) is 0 Å². The van der Waals surface area contributed by atoms with Gasteiger partial charge in [0.05, 0.1) is 0 Å². The van der Waals surface area contributed by atoms with Crippen LogP contribution < -0.4 is 10.2 Å². The molecule has 0 saturated carbocycles. The molecule has 1 aliphatic rings. The van der Waals surface area contributed by atoms with Crippen LogP contribution in [0.2, 0.25) is 0 Å². The molecular weight excluding hydrogens is 234 g/mol. The molecule has 0 radical (unpaired) electrons. The Bertz CT molecular complexity index is 391. The largest absolute Gasteiger partial charge is 0.370 e. The Kier molecular flexibility index (Phi) is 5.23. The summed E-state index contributed by atoms with van der Waals surface area (Å²) >= 11 is 0. The smallest absolute Gasteiger partial charge is 0.0396 e. The molecule has 3 nitrogen and oxygen atoms in total. The van der Waals surface area contributed by atoms with Crippen molar-refractivity contribution in [3.05, 3.63) is 29.8 Å². The summed E-state index contributed by atoms with van der Waals surface area (Å²) in [4.78, 5) is 5.09. The van der Waals surface area contributed by atoms with Gasteiger partial charge < -0.3 is 15.1 Å². The van der Waals surface area contributed by atoms with Crippen LogP contribution >= 0.6 is 0 Å². The van der Waals surface area contributed by atoms with Gasteiger partial charge in [0.15, 0.2) is 0 Å². The van der Waals surface area contributed by atoms with E-state index in [0.717, 1.165) is 13.1 Å². The van der Waals surface area contributed by atoms with Crippen molar-refractivity contribution >= 4 is 5.69 Å². The minimum Gasteiger partial charge on any atom is -0.370 e. The van der Waals surface area contributed by atoms with Gasteiger partial charge >= 0.3 is 0 Å². The predicted octanol–water partition coefficient (Wildman–Crippen LogP) is 2.12. The van der Waals surface area contributed by atoms with Gasteiger partial charge in [0, 0.05) is 24.8 Å². The number of hydrogen-bond donors (Lipinski definition) is 1. The summed E-state index contributed by atoms with van der Waals surface area (Å²) in [6.07, 6.45) is 2.47. The lowest BCUT2D eigenvalue weighted by atomic mass is 10.1. The summed E-state index contributed by atoms with van der Waals surface area (Å²) in [6, 6.07) is 9.40. The first kappa shape index (κ1) is 14.4. The molecule has 1 aromatic rings. The fourth-order valence-electron chi connectivity index (χ4n) is 2.94. The number of aryl methyl sites for hydroxylation is 1. The zero-order chi connectivity index (χ0) is 13.7. The van der Waals surface area contributed by atoms with E-state index in [1.807, 2.05) is 7.05 Å². The van der Waals surface area contributed by atoms with E-state index in [0.29, 0.717) is 6.04 Å². The lowest BCUT2D eigenvalue weighted by Crippen LogP contribution is -2.40. The first-order chi connectivity index (χ1) is 9.22. The molecule has 1 fully saturated rings. The highest BCUT2D eigenvalue weighted by atomic mass is 15.2. The van der Waals surface area contributed by atoms with Crippen LogP contribution in [-0.4, -0.2) is 51.2 Å². The van der Waals surface area contributed by atoms with Gasteiger partial charge in [0.1, 0.15) is 0 Å². The van der Waals surface area contributed by atoms with Crippen molar-refractivity contribution in [2.75, 3.05) is 45.2 Å². The van der Waals surface area contributed by atoms with E-state index in [-0.39, 0.29) is 0 Å². The molecule has 1 aromatic carbocycles. The average Bonchev–Trinajstić information content (AvgIpc) is 2.59. The van der Waals surface area contributed by atoms with E-state index in [9.17, 15) is 0 Å². The molecule has 0 spiro atoms. The molecule has 0 aliphatic carbocycles. The van der Waals surface area contributed by atoms with Crippen molar-refractivity contribution in [3.63, 3.8) is 0 Å². The number of rotatable bonds is 4. The molecule has 106 valence electrons. The predicted molar refractivity (Wildman–Crippen MR) is 83.0 cm³/mol. The van der Waals surface area contributed by atoms with Crippen molar-refractivity contribution in [2.24, 2.45) is 0 Å². The van der Waals surface area contributed by atoms with E-state index in [1.165, 1.54) is 37.2 Å². The monoisotopic (exact) mass is 261 g/mol. The van der Waals surface area contributed by atoms with E-state index < -0.39 is 0 Å². The Morgan fingerprint density at radius 2 is 2.05 bits per heavy atom. The van der Waals surface area contributed by atoms with Gasteiger partial charge in [-0.1, -0.05) is 18.2 Å². The van der Waals surface area contributed by atoms with Gasteiger partial charge in [0.2, 0.25) is 0 Å². The van der Waals surface area contributed by atoms with E-state index in [1.54, 1.807) is 0 Å². The molecule has 1 saturated heterocycles. The van der Waals surface area contributed by atoms with Crippen LogP contribution in [0.25, 0.3) is 0 Å². The standard InChI is InChI=1S/C16H27N3/c1-14-7-4-5-8-16(14)19-12-6-11-18(3)15(13-19)9-10-17-2/h4-5,7-8,15,17H,6,9-13H2,1-3H3. The molecule has 19 heavy (non-hydrogen) atoms. The third-order valence-corrected chi connectivity index (χ3v) is 4.18. The second-order valence-corrected chi connectivity index (χ2v) is 5.61. The molecule has 1 atom stereocenters. The maximum atomic E-state index is 3.28. The van der Waals surface area contributed by atoms with Crippen molar-refractivity contribution in [1.29, 1.82) is 0 Å². The van der Waals surface area contributed by atoms with E-state index >= 15 is 0 Å². The molecule has 2 rings (SSSR count). The normalized spacial score (nSPS) is 21.4. The van der Waals surface area contributed by atoms with Crippen molar-refractivity contribution in [3.8, 4) is 0 Å². The van der Waals surface area contributed by atoms with Crippen molar-refractivity contribution in [1.82, 2.24) is 10.2 Å². The summed E-state index contributed by atoms with van der Waals surface area (Å²) in [6.45, 7) is 6.83. The van der Waals surface area contributed by atoms with Crippen molar-refractivity contribution < 1.29 is 0 Å². The Labute approximate surface area is 117 Å². The molecule has 1 unspecified atom stereocenters.